The molecule has 114 valence electrons. The van der Waals surface area contributed by atoms with E-state index in [1.54, 1.807) is 25.1 Å². The number of benzene rings is 1. The van der Waals surface area contributed by atoms with Crippen molar-refractivity contribution in [1.82, 2.24) is 10.5 Å². The summed E-state index contributed by atoms with van der Waals surface area (Å²) in [4.78, 5) is 23.4. The molecule has 1 aliphatic rings. The Morgan fingerprint density at radius 2 is 2.23 bits per heavy atom. The Morgan fingerprint density at radius 3 is 2.95 bits per heavy atom. The zero-order chi connectivity index (χ0) is 15.7. The third-order valence-corrected chi connectivity index (χ3v) is 3.34. The molecule has 0 radical (unpaired) electrons. The summed E-state index contributed by atoms with van der Waals surface area (Å²) in [6.07, 6.45) is 0. The van der Waals surface area contributed by atoms with Gasteiger partial charge < -0.3 is 19.9 Å². The van der Waals surface area contributed by atoms with Crippen molar-refractivity contribution in [3.05, 3.63) is 41.3 Å². The van der Waals surface area contributed by atoms with Crippen molar-refractivity contribution in [2.45, 2.75) is 19.9 Å². The molecule has 2 amide bonds. The molecule has 0 fully saturated rings. The second kappa shape index (κ2) is 5.51. The number of aryl methyl sites for hydroxylation is 1. The summed E-state index contributed by atoms with van der Waals surface area (Å²) in [6.45, 7) is 3.58. The Balaban J connectivity index is 1.75. The standard InChI is InChI=1S/C15H15N3O4/c1-8-5-12(18-22-8)15(20)16-9(2)10-3-4-13-11(6-10)17-14(19)7-21-13/h3-6,9H,7H2,1-2H3,(H,16,20)(H,17,19). The number of ether oxygens (including phenoxy) is 1. The van der Waals surface area contributed by atoms with Gasteiger partial charge in [0.25, 0.3) is 11.8 Å². The predicted octanol–water partition coefficient (Wildman–Crippen LogP) is 1.80. The monoisotopic (exact) mass is 301 g/mol. The lowest BCUT2D eigenvalue weighted by Crippen LogP contribution is -2.28. The van der Waals surface area contributed by atoms with Crippen LogP contribution in [0, 0.1) is 6.92 Å². The van der Waals surface area contributed by atoms with E-state index in [2.05, 4.69) is 15.8 Å². The maximum absolute atomic E-state index is 12.1. The number of rotatable bonds is 3. The molecule has 7 nitrogen and oxygen atoms in total. The van der Waals surface area contributed by atoms with E-state index >= 15 is 0 Å². The van der Waals surface area contributed by atoms with Gasteiger partial charge in [-0.15, -0.1) is 0 Å². The maximum atomic E-state index is 12.1. The van der Waals surface area contributed by atoms with Gasteiger partial charge in [-0.25, -0.2) is 0 Å². The second-order valence-corrected chi connectivity index (χ2v) is 5.11. The lowest BCUT2D eigenvalue weighted by molar-refractivity contribution is -0.118. The minimum atomic E-state index is -0.317. The molecule has 1 unspecified atom stereocenters. The van der Waals surface area contributed by atoms with Crippen molar-refractivity contribution in [1.29, 1.82) is 0 Å². The van der Waals surface area contributed by atoms with Gasteiger partial charge in [0, 0.05) is 6.07 Å². The van der Waals surface area contributed by atoms with Gasteiger partial charge in [0.05, 0.1) is 11.7 Å². The number of anilines is 1. The summed E-state index contributed by atoms with van der Waals surface area (Å²) in [5.74, 6) is 0.683. The third-order valence-electron chi connectivity index (χ3n) is 3.34. The van der Waals surface area contributed by atoms with Gasteiger partial charge >= 0.3 is 0 Å². The van der Waals surface area contributed by atoms with Crippen LogP contribution in [0.5, 0.6) is 5.75 Å². The van der Waals surface area contributed by atoms with E-state index in [9.17, 15) is 9.59 Å². The van der Waals surface area contributed by atoms with Crippen LogP contribution in [0.2, 0.25) is 0 Å². The quantitative estimate of drug-likeness (QED) is 0.901. The SMILES string of the molecule is Cc1cc(C(=O)NC(C)c2ccc3c(c2)NC(=O)CO3)no1. The van der Waals surface area contributed by atoms with Crippen LogP contribution in [0.4, 0.5) is 5.69 Å². The van der Waals surface area contributed by atoms with Crippen molar-refractivity contribution in [2.24, 2.45) is 0 Å². The number of aromatic nitrogens is 1. The highest BCUT2D eigenvalue weighted by atomic mass is 16.5. The van der Waals surface area contributed by atoms with Gasteiger partial charge in [-0.05, 0) is 31.5 Å². The molecule has 3 rings (SSSR count). The number of carbonyl (C=O) groups is 2. The molecule has 0 spiro atoms. The molecule has 1 atom stereocenters. The highest BCUT2D eigenvalue weighted by molar-refractivity contribution is 5.95. The van der Waals surface area contributed by atoms with Crippen molar-refractivity contribution in [2.75, 3.05) is 11.9 Å². The molecule has 1 aromatic carbocycles. The Hall–Kier alpha value is -2.83. The Bertz CT molecular complexity index is 738. The zero-order valence-electron chi connectivity index (χ0n) is 12.2. The lowest BCUT2D eigenvalue weighted by atomic mass is 10.1. The maximum Gasteiger partial charge on any atom is 0.273 e. The van der Waals surface area contributed by atoms with Gasteiger partial charge in [-0.2, -0.15) is 0 Å². The molecule has 1 aliphatic heterocycles. The van der Waals surface area contributed by atoms with Gasteiger partial charge in [-0.3, -0.25) is 9.59 Å². The summed E-state index contributed by atoms with van der Waals surface area (Å²) in [6, 6.07) is 6.71. The fourth-order valence-electron chi connectivity index (χ4n) is 2.20. The van der Waals surface area contributed by atoms with E-state index < -0.39 is 0 Å². The minimum Gasteiger partial charge on any atom is -0.482 e. The molecule has 2 heterocycles. The molecule has 0 saturated heterocycles. The average molecular weight is 301 g/mol. The van der Waals surface area contributed by atoms with E-state index in [1.807, 2.05) is 13.0 Å². The smallest absolute Gasteiger partial charge is 0.273 e. The number of fused-ring (bicyclic) bond motifs is 1. The molecule has 7 heteroatoms. The second-order valence-electron chi connectivity index (χ2n) is 5.11. The summed E-state index contributed by atoms with van der Waals surface area (Å²) in [7, 11) is 0. The summed E-state index contributed by atoms with van der Waals surface area (Å²) < 4.78 is 10.2. The number of nitrogens with one attached hydrogen (secondary N) is 2. The zero-order valence-corrected chi connectivity index (χ0v) is 12.2. The largest absolute Gasteiger partial charge is 0.482 e. The molecule has 0 aliphatic carbocycles. The van der Waals surface area contributed by atoms with Crippen LogP contribution < -0.4 is 15.4 Å². The summed E-state index contributed by atoms with van der Waals surface area (Å²) in [5, 5.41) is 9.25. The topological polar surface area (TPSA) is 93.5 Å². The van der Waals surface area contributed by atoms with Crippen molar-refractivity contribution >= 4 is 17.5 Å². The van der Waals surface area contributed by atoms with Crippen LogP contribution in [0.25, 0.3) is 0 Å². The first-order chi connectivity index (χ1) is 10.5. The molecule has 2 N–H and O–H groups in total. The summed E-state index contributed by atoms with van der Waals surface area (Å²) >= 11 is 0. The number of amides is 2. The van der Waals surface area contributed by atoms with E-state index in [0.29, 0.717) is 17.2 Å². The van der Waals surface area contributed by atoms with E-state index in [-0.39, 0.29) is 30.2 Å². The molecular weight excluding hydrogens is 286 g/mol. The van der Waals surface area contributed by atoms with Gasteiger partial charge in [0.2, 0.25) is 0 Å². The average Bonchev–Trinajstić information content (AvgIpc) is 2.93. The van der Waals surface area contributed by atoms with Crippen LogP contribution in [-0.4, -0.2) is 23.6 Å². The van der Waals surface area contributed by atoms with Gasteiger partial charge in [-0.1, -0.05) is 11.2 Å². The van der Waals surface area contributed by atoms with Gasteiger partial charge in [0.15, 0.2) is 12.3 Å². The fourth-order valence-corrected chi connectivity index (χ4v) is 2.20. The molecule has 1 aromatic heterocycles. The van der Waals surface area contributed by atoms with E-state index in [1.165, 1.54) is 0 Å². The highest BCUT2D eigenvalue weighted by Gasteiger charge is 2.19. The summed E-state index contributed by atoms with van der Waals surface area (Å²) in [5.41, 5.74) is 1.68. The van der Waals surface area contributed by atoms with Crippen molar-refractivity contribution < 1.29 is 18.8 Å². The van der Waals surface area contributed by atoms with Crippen LogP contribution in [-0.2, 0) is 4.79 Å². The van der Waals surface area contributed by atoms with Crippen LogP contribution in [0.3, 0.4) is 0 Å². The molecule has 0 bridgehead atoms. The molecule has 22 heavy (non-hydrogen) atoms. The van der Waals surface area contributed by atoms with Crippen LogP contribution >= 0.6 is 0 Å². The fraction of sp³-hybridized carbons (Fsp3) is 0.267. The normalized spacial score (nSPS) is 14.5. The Kier molecular flexibility index (Phi) is 3.54. The van der Waals surface area contributed by atoms with E-state index in [4.69, 9.17) is 9.26 Å². The Morgan fingerprint density at radius 1 is 1.41 bits per heavy atom. The predicted molar refractivity (Wildman–Crippen MR) is 77.7 cm³/mol. The molecule has 0 saturated carbocycles. The number of hydrogen-bond donors (Lipinski definition) is 2. The van der Waals surface area contributed by atoms with Crippen LogP contribution in [0.15, 0.2) is 28.8 Å². The molecular formula is C15H15N3O4. The number of hydrogen-bond acceptors (Lipinski definition) is 5. The van der Waals surface area contributed by atoms with Crippen molar-refractivity contribution in [3.8, 4) is 5.75 Å². The first kappa shape index (κ1) is 14.1. The van der Waals surface area contributed by atoms with E-state index in [0.717, 1.165) is 5.56 Å². The first-order valence-corrected chi connectivity index (χ1v) is 6.83. The van der Waals surface area contributed by atoms with Crippen molar-refractivity contribution in [3.63, 3.8) is 0 Å². The highest BCUT2D eigenvalue weighted by Crippen LogP contribution is 2.30. The number of nitrogens with zero attached hydrogens (tertiary/aromatic N) is 1. The first-order valence-electron chi connectivity index (χ1n) is 6.83. The van der Waals surface area contributed by atoms with Crippen LogP contribution in [0.1, 0.15) is 34.8 Å². The minimum absolute atomic E-state index is 0.0180. The Labute approximate surface area is 126 Å². The third kappa shape index (κ3) is 2.78. The number of carbonyl (C=O) groups excluding carboxylic acids is 2. The molecule has 2 aromatic rings. The lowest BCUT2D eigenvalue weighted by Gasteiger charge is -2.20. The van der Waals surface area contributed by atoms with Gasteiger partial charge in [0.1, 0.15) is 11.5 Å².